The van der Waals surface area contributed by atoms with Gasteiger partial charge in [-0.15, -0.1) is 0 Å². The van der Waals surface area contributed by atoms with E-state index in [1.807, 2.05) is 72.8 Å². The summed E-state index contributed by atoms with van der Waals surface area (Å²) in [7, 11) is 0. The van der Waals surface area contributed by atoms with Crippen LogP contribution < -0.4 is 5.56 Å². The fraction of sp³-hybridized carbons (Fsp3) is 0.176. The van der Waals surface area contributed by atoms with Gasteiger partial charge in [-0.25, -0.2) is 9.49 Å². The van der Waals surface area contributed by atoms with Crippen molar-refractivity contribution in [1.82, 2.24) is 20.0 Å². The lowest BCUT2D eigenvalue weighted by Gasteiger charge is -2.36. The highest BCUT2D eigenvalue weighted by atomic mass is 19.1. The van der Waals surface area contributed by atoms with Crippen molar-refractivity contribution in [2.75, 3.05) is 26.2 Å². The Kier molecular flexibility index (Phi) is 7.60. The molecule has 0 radical (unpaired) electrons. The highest BCUT2D eigenvalue weighted by Gasteiger charge is 2.31. The van der Waals surface area contributed by atoms with E-state index in [-0.39, 0.29) is 17.0 Å². The number of fused-ring (bicyclic) bond motifs is 1. The lowest BCUT2D eigenvalue weighted by molar-refractivity contribution is -0.133. The molecule has 2 heterocycles. The van der Waals surface area contributed by atoms with Gasteiger partial charge in [0.15, 0.2) is 0 Å². The maximum absolute atomic E-state index is 14.9. The molecule has 0 bridgehead atoms. The monoisotopic (exact) mass is 560 g/mol. The molecular weight excluding hydrogens is 531 g/mol. The quantitative estimate of drug-likeness (QED) is 0.324. The zero-order chi connectivity index (χ0) is 29.1. The molecular formula is C34H29FN4O3. The number of aromatic amines is 1. The average molecular weight is 561 g/mol. The molecule has 6 rings (SSSR count). The maximum atomic E-state index is 14.9. The summed E-state index contributed by atoms with van der Waals surface area (Å²) in [6.07, 6.45) is 0.320. The molecule has 8 heteroatoms. The first-order chi connectivity index (χ1) is 20.5. The van der Waals surface area contributed by atoms with Crippen LogP contribution in [-0.2, 0) is 11.2 Å². The summed E-state index contributed by atoms with van der Waals surface area (Å²) >= 11 is 0. The van der Waals surface area contributed by atoms with Gasteiger partial charge < -0.3 is 9.80 Å². The van der Waals surface area contributed by atoms with E-state index in [2.05, 4.69) is 10.2 Å². The predicted octanol–water partition coefficient (Wildman–Crippen LogP) is 4.77. The zero-order valence-electron chi connectivity index (χ0n) is 22.9. The summed E-state index contributed by atoms with van der Waals surface area (Å²) in [4.78, 5) is 42.8. The SMILES string of the molecule is O=C(c1cc(Cc2n[nH]c(=O)c3ccccc23)ccc1F)N1CCN(C(=O)C(c2ccccc2)c2ccccc2)CC1. The molecule has 7 nitrogen and oxygen atoms in total. The van der Waals surface area contributed by atoms with Gasteiger partial charge in [-0.05, 0) is 34.9 Å². The molecule has 1 aromatic heterocycles. The van der Waals surface area contributed by atoms with Crippen molar-refractivity contribution in [2.24, 2.45) is 0 Å². The van der Waals surface area contributed by atoms with Gasteiger partial charge in [0.1, 0.15) is 5.82 Å². The number of carbonyl (C=O) groups is 2. The summed E-state index contributed by atoms with van der Waals surface area (Å²) < 4.78 is 14.9. The normalized spacial score (nSPS) is 13.5. The van der Waals surface area contributed by atoms with E-state index >= 15 is 0 Å². The van der Waals surface area contributed by atoms with Crippen LogP contribution in [0.25, 0.3) is 10.8 Å². The Labute approximate surface area is 242 Å². The van der Waals surface area contributed by atoms with Gasteiger partial charge in [0, 0.05) is 38.0 Å². The fourth-order valence-corrected chi connectivity index (χ4v) is 5.60. The molecule has 210 valence electrons. The summed E-state index contributed by atoms with van der Waals surface area (Å²) in [6, 6.07) is 31.0. The van der Waals surface area contributed by atoms with Gasteiger partial charge in [0.25, 0.3) is 11.5 Å². The topological polar surface area (TPSA) is 86.4 Å². The van der Waals surface area contributed by atoms with Crippen molar-refractivity contribution in [3.8, 4) is 0 Å². The predicted molar refractivity (Wildman–Crippen MR) is 159 cm³/mol. The molecule has 1 fully saturated rings. The lowest BCUT2D eigenvalue weighted by atomic mass is 9.90. The van der Waals surface area contributed by atoms with E-state index in [9.17, 15) is 18.8 Å². The van der Waals surface area contributed by atoms with Crippen LogP contribution in [0, 0.1) is 5.82 Å². The summed E-state index contributed by atoms with van der Waals surface area (Å²) in [6.45, 7) is 1.32. The van der Waals surface area contributed by atoms with Crippen molar-refractivity contribution in [2.45, 2.75) is 12.3 Å². The van der Waals surface area contributed by atoms with Crippen molar-refractivity contribution in [1.29, 1.82) is 0 Å². The summed E-state index contributed by atoms with van der Waals surface area (Å²) in [5, 5.41) is 7.96. The van der Waals surface area contributed by atoms with E-state index in [0.717, 1.165) is 11.1 Å². The minimum Gasteiger partial charge on any atom is -0.338 e. The molecule has 0 spiro atoms. The Bertz CT molecular complexity index is 1760. The smallest absolute Gasteiger partial charge is 0.272 e. The van der Waals surface area contributed by atoms with Gasteiger partial charge in [-0.2, -0.15) is 5.10 Å². The van der Waals surface area contributed by atoms with E-state index < -0.39 is 17.6 Å². The fourth-order valence-electron chi connectivity index (χ4n) is 5.60. The maximum Gasteiger partial charge on any atom is 0.272 e. The molecule has 0 saturated carbocycles. The first-order valence-corrected chi connectivity index (χ1v) is 13.9. The molecule has 0 atom stereocenters. The number of carbonyl (C=O) groups excluding carboxylic acids is 2. The number of hydrogen-bond acceptors (Lipinski definition) is 4. The highest BCUT2D eigenvalue weighted by molar-refractivity contribution is 5.95. The van der Waals surface area contributed by atoms with E-state index in [0.29, 0.717) is 54.6 Å². The largest absolute Gasteiger partial charge is 0.338 e. The van der Waals surface area contributed by atoms with Crippen molar-refractivity contribution < 1.29 is 14.0 Å². The van der Waals surface area contributed by atoms with Crippen LogP contribution in [0.4, 0.5) is 4.39 Å². The Morgan fingerprint density at radius 2 is 1.33 bits per heavy atom. The molecule has 1 aliphatic heterocycles. The van der Waals surface area contributed by atoms with Crippen LogP contribution in [0.5, 0.6) is 0 Å². The third-order valence-electron chi connectivity index (χ3n) is 7.80. The molecule has 2 amide bonds. The summed E-state index contributed by atoms with van der Waals surface area (Å²) in [5.74, 6) is -1.48. The first kappa shape index (κ1) is 27.1. The van der Waals surface area contributed by atoms with Crippen LogP contribution in [-0.4, -0.2) is 58.0 Å². The molecule has 4 aromatic carbocycles. The minimum atomic E-state index is -0.602. The third-order valence-corrected chi connectivity index (χ3v) is 7.80. The molecule has 1 N–H and O–H groups in total. The number of rotatable bonds is 6. The second-order valence-corrected chi connectivity index (χ2v) is 10.4. The number of nitrogens with zero attached hydrogens (tertiary/aromatic N) is 3. The van der Waals surface area contributed by atoms with Gasteiger partial charge in [0.2, 0.25) is 5.91 Å². The standard InChI is InChI=1S/C34H29FN4O3/c35-29-16-15-23(22-30-26-13-7-8-14-27(26)32(40)37-36-30)21-28(29)33(41)38-17-19-39(20-18-38)34(42)31(24-9-3-1-4-10-24)25-11-5-2-6-12-25/h1-16,21,31H,17-20,22H2,(H,37,40). The van der Waals surface area contributed by atoms with Gasteiger partial charge in [-0.1, -0.05) is 84.9 Å². The Morgan fingerprint density at radius 3 is 1.98 bits per heavy atom. The number of hydrogen-bond donors (Lipinski definition) is 1. The second kappa shape index (κ2) is 11.8. The van der Waals surface area contributed by atoms with Crippen LogP contribution in [0.15, 0.2) is 108 Å². The van der Waals surface area contributed by atoms with Crippen molar-refractivity contribution in [3.63, 3.8) is 0 Å². The van der Waals surface area contributed by atoms with E-state index in [4.69, 9.17) is 0 Å². The molecule has 42 heavy (non-hydrogen) atoms. The third kappa shape index (κ3) is 5.43. The van der Waals surface area contributed by atoms with Crippen LogP contribution in [0.1, 0.15) is 38.7 Å². The number of nitrogens with one attached hydrogen (secondary N) is 1. The number of aromatic nitrogens is 2. The van der Waals surface area contributed by atoms with Gasteiger partial charge in [0.05, 0.1) is 22.6 Å². The number of halogens is 1. The Balaban J connectivity index is 1.17. The van der Waals surface area contributed by atoms with Crippen LogP contribution >= 0.6 is 0 Å². The Hall–Kier alpha value is -5.11. The second-order valence-electron chi connectivity index (χ2n) is 10.4. The number of piperazine rings is 1. The van der Waals surface area contributed by atoms with E-state index in [1.54, 1.807) is 34.1 Å². The molecule has 0 unspecified atom stereocenters. The average Bonchev–Trinajstić information content (AvgIpc) is 3.04. The van der Waals surface area contributed by atoms with Crippen molar-refractivity contribution in [3.05, 3.63) is 147 Å². The molecule has 1 aliphatic rings. The first-order valence-electron chi connectivity index (χ1n) is 13.9. The molecule has 5 aromatic rings. The lowest BCUT2D eigenvalue weighted by Crippen LogP contribution is -2.51. The Morgan fingerprint density at radius 1 is 0.762 bits per heavy atom. The number of amides is 2. The molecule has 0 aliphatic carbocycles. The minimum absolute atomic E-state index is 0.0201. The summed E-state index contributed by atoms with van der Waals surface area (Å²) in [5.41, 5.74) is 2.86. The molecule has 1 saturated heterocycles. The number of benzene rings is 4. The van der Waals surface area contributed by atoms with Gasteiger partial charge in [-0.3, -0.25) is 14.4 Å². The number of H-pyrrole nitrogens is 1. The zero-order valence-corrected chi connectivity index (χ0v) is 22.9. The van der Waals surface area contributed by atoms with E-state index in [1.165, 1.54) is 6.07 Å². The van der Waals surface area contributed by atoms with Crippen LogP contribution in [0.3, 0.4) is 0 Å². The highest BCUT2D eigenvalue weighted by Crippen LogP contribution is 2.28. The van der Waals surface area contributed by atoms with Crippen molar-refractivity contribution >= 4 is 22.6 Å². The van der Waals surface area contributed by atoms with Gasteiger partial charge >= 0.3 is 0 Å². The van der Waals surface area contributed by atoms with Crippen LogP contribution in [0.2, 0.25) is 0 Å².